The third-order valence-corrected chi connectivity index (χ3v) is 2.24. The fourth-order valence-corrected chi connectivity index (χ4v) is 1.39. The van der Waals surface area contributed by atoms with Gasteiger partial charge in [0.15, 0.2) is 0 Å². The standard InChI is InChI=1S/C14H22FNO2/c1-10(2)16-8-11-5-12(15)7-13(6-11)18-9-14(3,4)17/h5-7,10,16-17H,8-9H2,1-4H3. The summed E-state index contributed by atoms with van der Waals surface area (Å²) in [5.41, 5.74) is -0.0997. The third kappa shape index (κ3) is 5.98. The van der Waals surface area contributed by atoms with Crippen molar-refractivity contribution in [2.45, 2.75) is 45.9 Å². The summed E-state index contributed by atoms with van der Waals surface area (Å²) in [6.07, 6.45) is 0. The van der Waals surface area contributed by atoms with Gasteiger partial charge in [-0.2, -0.15) is 0 Å². The van der Waals surface area contributed by atoms with Crippen molar-refractivity contribution < 1.29 is 14.2 Å². The largest absolute Gasteiger partial charge is 0.491 e. The van der Waals surface area contributed by atoms with Gasteiger partial charge >= 0.3 is 0 Å². The summed E-state index contributed by atoms with van der Waals surface area (Å²) in [7, 11) is 0. The number of aliphatic hydroxyl groups is 1. The van der Waals surface area contributed by atoms with E-state index in [0.717, 1.165) is 5.56 Å². The van der Waals surface area contributed by atoms with Gasteiger partial charge in [0, 0.05) is 18.7 Å². The van der Waals surface area contributed by atoms with Crippen LogP contribution in [0.3, 0.4) is 0 Å². The molecule has 0 aliphatic carbocycles. The molecule has 0 saturated carbocycles. The monoisotopic (exact) mass is 255 g/mol. The van der Waals surface area contributed by atoms with Crippen molar-refractivity contribution in [3.63, 3.8) is 0 Å². The van der Waals surface area contributed by atoms with Crippen molar-refractivity contribution in [3.8, 4) is 5.75 Å². The molecule has 3 nitrogen and oxygen atoms in total. The number of benzene rings is 1. The number of nitrogens with one attached hydrogen (secondary N) is 1. The second-order valence-electron chi connectivity index (χ2n) is 5.43. The van der Waals surface area contributed by atoms with Crippen molar-refractivity contribution in [2.75, 3.05) is 6.61 Å². The van der Waals surface area contributed by atoms with Gasteiger partial charge in [-0.1, -0.05) is 13.8 Å². The zero-order chi connectivity index (χ0) is 13.8. The van der Waals surface area contributed by atoms with E-state index < -0.39 is 5.60 Å². The van der Waals surface area contributed by atoms with Crippen LogP contribution in [0.15, 0.2) is 18.2 Å². The maximum absolute atomic E-state index is 13.4. The van der Waals surface area contributed by atoms with E-state index in [0.29, 0.717) is 18.3 Å². The Labute approximate surface area is 108 Å². The normalized spacial score (nSPS) is 11.9. The maximum atomic E-state index is 13.4. The average Bonchev–Trinajstić information content (AvgIpc) is 2.22. The molecule has 0 spiro atoms. The van der Waals surface area contributed by atoms with Crippen LogP contribution in [0.4, 0.5) is 4.39 Å². The molecule has 0 aliphatic rings. The molecule has 1 rings (SSSR count). The van der Waals surface area contributed by atoms with Gasteiger partial charge in [-0.25, -0.2) is 4.39 Å². The minimum atomic E-state index is -0.928. The first kappa shape index (κ1) is 14.9. The molecule has 0 aliphatic heterocycles. The van der Waals surface area contributed by atoms with Crippen LogP contribution in [-0.2, 0) is 6.54 Å². The molecule has 1 aromatic rings. The van der Waals surface area contributed by atoms with Gasteiger partial charge in [-0.15, -0.1) is 0 Å². The summed E-state index contributed by atoms with van der Waals surface area (Å²) >= 11 is 0. The van der Waals surface area contributed by atoms with Crippen molar-refractivity contribution >= 4 is 0 Å². The Morgan fingerprint density at radius 2 is 2.00 bits per heavy atom. The molecule has 0 aromatic heterocycles. The first-order valence-corrected chi connectivity index (χ1v) is 6.14. The molecule has 102 valence electrons. The predicted octanol–water partition coefficient (Wildman–Crippen LogP) is 2.47. The highest BCUT2D eigenvalue weighted by Crippen LogP contribution is 2.18. The van der Waals surface area contributed by atoms with Crippen molar-refractivity contribution in [3.05, 3.63) is 29.6 Å². The fraction of sp³-hybridized carbons (Fsp3) is 0.571. The lowest BCUT2D eigenvalue weighted by molar-refractivity contribution is 0.0283. The molecular weight excluding hydrogens is 233 g/mol. The van der Waals surface area contributed by atoms with Crippen LogP contribution in [0.5, 0.6) is 5.75 Å². The summed E-state index contributed by atoms with van der Waals surface area (Å²) in [5, 5.41) is 12.8. The topological polar surface area (TPSA) is 41.5 Å². The van der Waals surface area contributed by atoms with Gasteiger partial charge < -0.3 is 15.2 Å². The minimum Gasteiger partial charge on any atom is -0.491 e. The highest BCUT2D eigenvalue weighted by Gasteiger charge is 2.13. The van der Waals surface area contributed by atoms with E-state index in [1.807, 2.05) is 13.8 Å². The van der Waals surface area contributed by atoms with E-state index in [1.165, 1.54) is 12.1 Å². The molecule has 0 bridgehead atoms. The maximum Gasteiger partial charge on any atom is 0.127 e. The van der Waals surface area contributed by atoms with Crippen molar-refractivity contribution in [1.82, 2.24) is 5.32 Å². The molecule has 18 heavy (non-hydrogen) atoms. The van der Waals surface area contributed by atoms with Crippen LogP contribution in [0.2, 0.25) is 0 Å². The second-order valence-corrected chi connectivity index (χ2v) is 5.43. The van der Waals surface area contributed by atoms with Gasteiger partial charge in [0.2, 0.25) is 0 Å². The summed E-state index contributed by atoms with van der Waals surface area (Å²) in [4.78, 5) is 0. The van der Waals surface area contributed by atoms with Crippen molar-refractivity contribution in [1.29, 1.82) is 0 Å². The summed E-state index contributed by atoms with van der Waals surface area (Å²) in [6, 6.07) is 4.93. The number of halogens is 1. The van der Waals surface area contributed by atoms with Crippen LogP contribution in [0, 0.1) is 5.82 Å². The highest BCUT2D eigenvalue weighted by molar-refractivity contribution is 5.29. The van der Waals surface area contributed by atoms with Gasteiger partial charge in [0.1, 0.15) is 18.2 Å². The van der Waals surface area contributed by atoms with Crippen LogP contribution in [-0.4, -0.2) is 23.4 Å². The summed E-state index contributed by atoms with van der Waals surface area (Å²) in [5.74, 6) is 0.112. The lowest BCUT2D eigenvalue weighted by Gasteiger charge is -2.18. The Kier molecular flexibility index (Phi) is 5.11. The second kappa shape index (κ2) is 6.16. The molecule has 0 unspecified atom stereocenters. The molecule has 0 heterocycles. The molecule has 2 N–H and O–H groups in total. The van der Waals surface area contributed by atoms with E-state index >= 15 is 0 Å². The Morgan fingerprint density at radius 3 is 2.56 bits per heavy atom. The van der Waals surface area contributed by atoms with Gasteiger partial charge in [0.25, 0.3) is 0 Å². The first-order chi connectivity index (χ1) is 8.26. The predicted molar refractivity (Wildman–Crippen MR) is 70.2 cm³/mol. The summed E-state index contributed by atoms with van der Waals surface area (Å²) < 4.78 is 18.8. The minimum absolute atomic E-state index is 0.132. The van der Waals surface area contributed by atoms with Crippen LogP contribution in [0.1, 0.15) is 33.3 Å². The number of hydrogen-bond donors (Lipinski definition) is 2. The quantitative estimate of drug-likeness (QED) is 0.820. The zero-order valence-electron chi connectivity index (χ0n) is 11.5. The Hall–Kier alpha value is -1.13. The Morgan fingerprint density at radius 1 is 1.33 bits per heavy atom. The van der Waals surface area contributed by atoms with E-state index in [-0.39, 0.29) is 12.4 Å². The smallest absolute Gasteiger partial charge is 0.127 e. The van der Waals surface area contributed by atoms with Gasteiger partial charge in [-0.3, -0.25) is 0 Å². The molecular formula is C14H22FNO2. The molecule has 0 atom stereocenters. The van der Waals surface area contributed by atoms with E-state index in [9.17, 15) is 9.50 Å². The highest BCUT2D eigenvalue weighted by atomic mass is 19.1. The molecule has 1 aromatic carbocycles. The average molecular weight is 255 g/mol. The molecule has 0 saturated heterocycles. The van der Waals surface area contributed by atoms with Crippen molar-refractivity contribution in [2.24, 2.45) is 0 Å². The number of hydrogen-bond acceptors (Lipinski definition) is 3. The summed E-state index contributed by atoms with van der Waals surface area (Å²) in [6.45, 7) is 8.08. The fourth-order valence-electron chi connectivity index (χ4n) is 1.39. The number of ether oxygens (including phenoxy) is 1. The number of rotatable bonds is 6. The first-order valence-electron chi connectivity index (χ1n) is 6.14. The zero-order valence-corrected chi connectivity index (χ0v) is 11.5. The molecule has 4 heteroatoms. The third-order valence-electron chi connectivity index (χ3n) is 2.24. The van der Waals surface area contributed by atoms with Crippen LogP contribution in [0.25, 0.3) is 0 Å². The van der Waals surface area contributed by atoms with E-state index in [4.69, 9.17) is 4.74 Å². The molecule has 0 amide bonds. The van der Waals surface area contributed by atoms with E-state index in [1.54, 1.807) is 19.9 Å². The van der Waals surface area contributed by atoms with Gasteiger partial charge in [0.05, 0.1) is 5.60 Å². The Balaban J connectivity index is 2.68. The molecule has 0 fully saturated rings. The van der Waals surface area contributed by atoms with Crippen LogP contribution < -0.4 is 10.1 Å². The lowest BCUT2D eigenvalue weighted by Crippen LogP contribution is -2.28. The molecule has 0 radical (unpaired) electrons. The van der Waals surface area contributed by atoms with Gasteiger partial charge in [-0.05, 0) is 31.5 Å². The SMILES string of the molecule is CC(C)NCc1cc(F)cc(OCC(C)(C)O)c1. The van der Waals surface area contributed by atoms with Crippen LogP contribution >= 0.6 is 0 Å². The lowest BCUT2D eigenvalue weighted by atomic mass is 10.1. The van der Waals surface area contributed by atoms with E-state index in [2.05, 4.69) is 5.32 Å². The Bertz CT molecular complexity index is 386.